The first-order valence-corrected chi connectivity index (χ1v) is 6.42. The van der Waals surface area contributed by atoms with Gasteiger partial charge in [0.05, 0.1) is 16.4 Å². The van der Waals surface area contributed by atoms with Crippen LogP contribution in [0.3, 0.4) is 0 Å². The van der Waals surface area contributed by atoms with Gasteiger partial charge in [0.2, 0.25) is 0 Å². The summed E-state index contributed by atoms with van der Waals surface area (Å²) in [6.45, 7) is 7.43. The molecule has 3 nitrogen and oxygen atoms in total. The Labute approximate surface area is 106 Å². The van der Waals surface area contributed by atoms with E-state index in [1.807, 2.05) is 13.2 Å². The fourth-order valence-corrected chi connectivity index (χ4v) is 2.22. The Bertz CT molecular complexity index is 366. The molecule has 0 aliphatic carbocycles. The van der Waals surface area contributed by atoms with Crippen molar-refractivity contribution in [3.8, 4) is 0 Å². The van der Waals surface area contributed by atoms with E-state index in [1.165, 1.54) is 11.3 Å². The third-order valence-corrected chi connectivity index (χ3v) is 3.04. The number of nitrogens with one attached hydrogen (secondary N) is 1. The second-order valence-corrected chi connectivity index (χ2v) is 5.01. The summed E-state index contributed by atoms with van der Waals surface area (Å²) in [6, 6.07) is 0.383. The van der Waals surface area contributed by atoms with Gasteiger partial charge in [-0.05, 0) is 62.3 Å². The van der Waals surface area contributed by atoms with E-state index < -0.39 is 0 Å². The molecule has 4 heteroatoms. The van der Waals surface area contributed by atoms with Crippen LogP contribution in [0.5, 0.6) is 0 Å². The summed E-state index contributed by atoms with van der Waals surface area (Å²) < 4.78 is 3.12. The van der Waals surface area contributed by atoms with E-state index in [2.05, 4.69) is 57.9 Å². The van der Waals surface area contributed by atoms with Crippen molar-refractivity contribution >= 4 is 21.5 Å². The second kappa shape index (κ2) is 6.21. The number of nitrogens with zero attached hydrogens (tertiary/aromatic N) is 2. The first-order valence-electron chi connectivity index (χ1n) is 5.62. The first kappa shape index (κ1) is 13.5. The topological polar surface area (TPSA) is 29.9 Å². The van der Waals surface area contributed by atoms with Gasteiger partial charge in [0, 0.05) is 6.04 Å². The zero-order valence-corrected chi connectivity index (χ0v) is 12.0. The van der Waals surface area contributed by atoms with Crippen LogP contribution in [0.4, 0.5) is 0 Å². The van der Waals surface area contributed by atoms with Crippen LogP contribution in [0.2, 0.25) is 0 Å². The van der Waals surface area contributed by atoms with Gasteiger partial charge >= 0.3 is 0 Å². The fourth-order valence-electron chi connectivity index (χ4n) is 1.63. The molecule has 0 saturated heterocycles. The van der Waals surface area contributed by atoms with Crippen LogP contribution >= 0.6 is 15.9 Å². The number of allylic oxidation sites excluding steroid dienone is 1. The Balaban J connectivity index is 2.93. The summed E-state index contributed by atoms with van der Waals surface area (Å²) in [5.74, 6) is 0. The molecule has 1 N–H and O–H groups in total. The zero-order chi connectivity index (χ0) is 12.1. The number of hydrogen-bond donors (Lipinski definition) is 1. The molecule has 0 fully saturated rings. The SMILES string of the molecule is CNCC/C=C(/C)c1c(Br)cnn1C(C)C. The highest BCUT2D eigenvalue weighted by molar-refractivity contribution is 9.10. The normalized spacial score (nSPS) is 12.5. The molecule has 0 aromatic carbocycles. The minimum Gasteiger partial charge on any atom is -0.319 e. The summed E-state index contributed by atoms with van der Waals surface area (Å²) >= 11 is 3.56. The third kappa shape index (κ3) is 3.19. The molecule has 16 heavy (non-hydrogen) atoms. The van der Waals surface area contributed by atoms with Crippen LogP contribution in [0.1, 0.15) is 38.9 Å². The lowest BCUT2D eigenvalue weighted by molar-refractivity contribution is 0.526. The van der Waals surface area contributed by atoms with Crippen molar-refractivity contribution in [1.29, 1.82) is 0 Å². The van der Waals surface area contributed by atoms with E-state index in [9.17, 15) is 0 Å². The van der Waals surface area contributed by atoms with Gasteiger partial charge in [-0.2, -0.15) is 5.10 Å². The van der Waals surface area contributed by atoms with Crippen molar-refractivity contribution in [3.05, 3.63) is 22.4 Å². The molecule has 0 radical (unpaired) electrons. The standard InChI is InChI=1S/C12H20BrN3/c1-9(2)16-12(11(13)8-15-16)10(3)6-5-7-14-4/h6,8-9,14H,5,7H2,1-4H3/b10-6-. The molecular weight excluding hydrogens is 266 g/mol. The second-order valence-electron chi connectivity index (χ2n) is 4.16. The average molecular weight is 286 g/mol. The lowest BCUT2D eigenvalue weighted by Crippen LogP contribution is -2.08. The van der Waals surface area contributed by atoms with Gasteiger partial charge in [0.25, 0.3) is 0 Å². The van der Waals surface area contributed by atoms with E-state index in [4.69, 9.17) is 0 Å². The van der Waals surface area contributed by atoms with Gasteiger partial charge < -0.3 is 5.32 Å². The Hall–Kier alpha value is -0.610. The third-order valence-electron chi connectivity index (χ3n) is 2.46. The maximum absolute atomic E-state index is 4.38. The van der Waals surface area contributed by atoms with Gasteiger partial charge in [0.1, 0.15) is 0 Å². The van der Waals surface area contributed by atoms with Crippen molar-refractivity contribution in [2.45, 2.75) is 33.2 Å². The maximum atomic E-state index is 4.38. The molecule has 1 aromatic rings. The number of halogens is 1. The number of hydrogen-bond acceptors (Lipinski definition) is 2. The Morgan fingerprint density at radius 3 is 2.88 bits per heavy atom. The molecule has 0 unspecified atom stereocenters. The quantitative estimate of drug-likeness (QED) is 0.842. The summed E-state index contributed by atoms with van der Waals surface area (Å²) in [5, 5.41) is 7.52. The van der Waals surface area contributed by atoms with Crippen molar-refractivity contribution < 1.29 is 0 Å². The summed E-state index contributed by atoms with van der Waals surface area (Å²) in [7, 11) is 1.97. The van der Waals surface area contributed by atoms with Crippen molar-refractivity contribution in [2.24, 2.45) is 0 Å². The van der Waals surface area contributed by atoms with E-state index in [1.54, 1.807) is 0 Å². The monoisotopic (exact) mass is 285 g/mol. The van der Waals surface area contributed by atoms with Crippen molar-refractivity contribution in [3.63, 3.8) is 0 Å². The van der Waals surface area contributed by atoms with E-state index in [0.29, 0.717) is 6.04 Å². The van der Waals surface area contributed by atoms with Crippen LogP contribution in [-0.4, -0.2) is 23.4 Å². The lowest BCUT2D eigenvalue weighted by atomic mass is 10.1. The largest absolute Gasteiger partial charge is 0.319 e. The maximum Gasteiger partial charge on any atom is 0.0781 e. The summed E-state index contributed by atoms with van der Waals surface area (Å²) in [6.07, 6.45) is 5.15. The van der Waals surface area contributed by atoms with Gasteiger partial charge in [-0.3, -0.25) is 4.68 Å². The molecule has 1 rings (SSSR count). The van der Waals surface area contributed by atoms with Crippen LogP contribution in [0.15, 0.2) is 16.7 Å². The van der Waals surface area contributed by atoms with E-state index in [0.717, 1.165) is 17.4 Å². The van der Waals surface area contributed by atoms with Gasteiger partial charge in [-0.1, -0.05) is 6.08 Å². The highest BCUT2D eigenvalue weighted by Gasteiger charge is 2.12. The smallest absolute Gasteiger partial charge is 0.0781 e. The molecule has 0 amide bonds. The van der Waals surface area contributed by atoms with Crippen LogP contribution in [-0.2, 0) is 0 Å². The molecule has 1 aromatic heterocycles. The van der Waals surface area contributed by atoms with Gasteiger partial charge in [-0.15, -0.1) is 0 Å². The van der Waals surface area contributed by atoms with Gasteiger partial charge in [0.15, 0.2) is 0 Å². The van der Waals surface area contributed by atoms with Crippen molar-refractivity contribution in [1.82, 2.24) is 15.1 Å². The molecule has 0 saturated carbocycles. The molecule has 0 aliphatic rings. The number of rotatable bonds is 5. The molecule has 0 aliphatic heterocycles. The first-order chi connectivity index (χ1) is 7.57. The lowest BCUT2D eigenvalue weighted by Gasteiger charge is -2.12. The Kier molecular flexibility index (Phi) is 5.22. The molecule has 0 spiro atoms. The molecule has 0 bridgehead atoms. The Morgan fingerprint density at radius 2 is 2.31 bits per heavy atom. The summed E-state index contributed by atoms with van der Waals surface area (Å²) in [4.78, 5) is 0. The van der Waals surface area contributed by atoms with Crippen molar-refractivity contribution in [2.75, 3.05) is 13.6 Å². The highest BCUT2D eigenvalue weighted by atomic mass is 79.9. The average Bonchev–Trinajstić information content (AvgIpc) is 2.60. The van der Waals surface area contributed by atoms with Crippen LogP contribution in [0.25, 0.3) is 5.57 Å². The number of aromatic nitrogens is 2. The summed E-state index contributed by atoms with van der Waals surface area (Å²) in [5.41, 5.74) is 2.46. The van der Waals surface area contributed by atoms with Crippen LogP contribution in [0, 0.1) is 0 Å². The predicted molar refractivity (Wildman–Crippen MR) is 72.5 cm³/mol. The minimum atomic E-state index is 0.383. The van der Waals surface area contributed by atoms with Gasteiger partial charge in [-0.25, -0.2) is 0 Å². The molecule has 90 valence electrons. The van der Waals surface area contributed by atoms with Crippen LogP contribution < -0.4 is 5.32 Å². The van der Waals surface area contributed by atoms with E-state index >= 15 is 0 Å². The zero-order valence-electron chi connectivity index (χ0n) is 10.4. The molecular formula is C12H20BrN3. The highest BCUT2D eigenvalue weighted by Crippen LogP contribution is 2.26. The Morgan fingerprint density at radius 1 is 1.62 bits per heavy atom. The predicted octanol–water partition coefficient (Wildman–Crippen LogP) is 3.24. The molecule has 1 heterocycles. The fraction of sp³-hybridized carbons (Fsp3) is 0.583. The minimum absolute atomic E-state index is 0.383. The van der Waals surface area contributed by atoms with E-state index in [-0.39, 0.29) is 0 Å². The molecule has 0 atom stereocenters.